The van der Waals surface area contributed by atoms with Crippen molar-refractivity contribution in [3.63, 3.8) is 0 Å². The van der Waals surface area contributed by atoms with E-state index in [-0.39, 0.29) is 57.6 Å². The monoisotopic (exact) mass is 1370 g/mol. The predicted molar refractivity (Wildman–Crippen MR) is 389 cm³/mol. The van der Waals surface area contributed by atoms with Gasteiger partial charge in [-0.25, -0.2) is 19.9 Å². The topological polar surface area (TPSA) is 391 Å². The fourth-order valence-corrected chi connectivity index (χ4v) is 9.13. The van der Waals surface area contributed by atoms with E-state index < -0.39 is 22.6 Å². The van der Waals surface area contributed by atoms with Crippen molar-refractivity contribution < 1.29 is 44.2 Å². The van der Waals surface area contributed by atoms with Crippen LogP contribution >= 0.6 is 23.2 Å². The van der Waals surface area contributed by atoms with Crippen molar-refractivity contribution in [2.24, 2.45) is 17.2 Å². The first-order chi connectivity index (χ1) is 44.8. The number of carbonyl (C=O) groups is 1. The van der Waals surface area contributed by atoms with Crippen LogP contribution in [0.25, 0.3) is 33.1 Å². The molecule has 96 heavy (non-hydrogen) atoms. The highest BCUT2D eigenvalue weighted by molar-refractivity contribution is 6.35. The van der Waals surface area contributed by atoms with Crippen LogP contribution in [0.3, 0.4) is 0 Å². The van der Waals surface area contributed by atoms with Crippen molar-refractivity contribution in [2.45, 2.75) is 175 Å². The van der Waals surface area contributed by atoms with Crippen molar-refractivity contribution in [3.8, 4) is 23.0 Å². The summed E-state index contributed by atoms with van der Waals surface area (Å²) in [6, 6.07) is 22.2. The number of unbranched alkanes of at least 4 members (excludes halogenated alkanes) is 4. The molecule has 0 aliphatic heterocycles. The molecule has 6 aromatic heterocycles. The molecule has 6 heterocycles. The molecule has 2 aromatic carbocycles. The van der Waals surface area contributed by atoms with Gasteiger partial charge < -0.3 is 78.3 Å². The number of anilines is 4. The fourth-order valence-electron chi connectivity index (χ4n) is 8.68. The van der Waals surface area contributed by atoms with E-state index in [4.69, 9.17) is 75.3 Å². The number of hydrogen-bond donors (Lipinski definition) is 11. The third-order valence-corrected chi connectivity index (χ3v) is 15.1. The average Bonchev–Trinajstić information content (AvgIpc) is 0.867. The molecule has 8 aromatic rings. The van der Waals surface area contributed by atoms with Crippen molar-refractivity contribution in [2.75, 3.05) is 69.9 Å². The molecule has 0 saturated heterocycles. The van der Waals surface area contributed by atoms with Crippen LogP contribution in [0.1, 0.15) is 151 Å². The standard InChI is InChI=1S/C23H31N5O3.C14H21N5O.C9H13NO2.C7H3Cl2N3.C7H15NO2.C7H17NO.CH4.B/c1-5-6-11-23(2,15-29)28-21-20-18(8-7-12-24-20)26-22(27-21)25-14-16-9-10-17(30-3)13-19(16)31-4;1-3-4-7-14(2,9-20)19-12-11-10(6-5-8-16-11)17-13(15)18-12;1-11-8-4-3-7(6-10)9(5-8)12-2;8-6-5-4(2-1-3-10-5)11-7(9)12-6;1-3-4-5-7(2,8)6(9)10;1-3-4-5-7(2,8)6-9;;/h7-10,12-13,29H,5-6,11,14-15H2,1-4H3,(H2,25,26,27,28);5-6,8,20H,3-4,7,9H2,1-2H3,(H3,15,17,18,19);3-5H,6,10H2,1-2H3;1-3H;3-5,8H2,1-2H3,(H,9,10);9H,3-6,8H2,1-2H3;1H4;/t23-;14-;;;2*7-;;/m11..11../s1. The lowest BCUT2D eigenvalue weighted by Crippen LogP contribution is -2.44. The van der Waals surface area contributed by atoms with Gasteiger partial charge in [-0.15, -0.1) is 0 Å². The Kier molecular flexibility index (Phi) is 39.6. The number of ether oxygens (including phenoxy) is 4. The molecule has 0 amide bonds. The maximum atomic E-state index is 10.4. The summed E-state index contributed by atoms with van der Waals surface area (Å²) in [5.41, 5.74) is 25.9. The second-order valence-corrected chi connectivity index (χ2v) is 24.0. The summed E-state index contributed by atoms with van der Waals surface area (Å²) in [6.45, 7) is 16.8. The predicted octanol–water partition coefficient (Wildman–Crippen LogP) is 11.6. The molecule has 0 aliphatic carbocycles. The molecule has 0 spiro atoms. The second-order valence-electron chi connectivity index (χ2n) is 23.3. The zero-order valence-corrected chi connectivity index (χ0v) is 58.7. The summed E-state index contributed by atoms with van der Waals surface area (Å²) in [7, 11) is 6.49. The van der Waals surface area contributed by atoms with Crippen molar-refractivity contribution in [1.82, 2.24) is 44.9 Å². The molecule has 3 radical (unpaired) electrons. The summed E-state index contributed by atoms with van der Waals surface area (Å²) in [5, 5.41) is 47.3. The number of carboxylic acid groups (broad SMARTS) is 1. The zero-order valence-electron chi connectivity index (χ0n) is 57.2. The molecule has 15 N–H and O–H groups in total. The number of methoxy groups -OCH3 is 4. The van der Waals surface area contributed by atoms with Gasteiger partial charge >= 0.3 is 5.97 Å². The van der Waals surface area contributed by atoms with Crippen LogP contribution in [0.15, 0.2) is 91.4 Å². The van der Waals surface area contributed by atoms with Gasteiger partial charge in [0, 0.05) is 68.9 Å². The van der Waals surface area contributed by atoms with Gasteiger partial charge in [0.05, 0.1) is 75.9 Å². The number of nitrogen functional groups attached to an aromatic ring is 1. The number of aliphatic carboxylic acids is 1. The quantitative estimate of drug-likeness (QED) is 0.0123. The van der Waals surface area contributed by atoms with Crippen LogP contribution < -0.4 is 57.8 Å². The highest BCUT2D eigenvalue weighted by Crippen LogP contribution is 2.30. The number of halogens is 2. The normalized spacial score (nSPS) is 13.0. The van der Waals surface area contributed by atoms with Gasteiger partial charge in [-0.2, -0.15) is 9.97 Å². The number of nitrogens with one attached hydrogen (secondary N) is 3. The largest absolute Gasteiger partial charge is 0.497 e. The van der Waals surface area contributed by atoms with Crippen molar-refractivity contribution >= 4 is 94.2 Å². The Hall–Kier alpha value is -7.82. The van der Waals surface area contributed by atoms with Crippen molar-refractivity contribution in [3.05, 3.63) is 113 Å². The van der Waals surface area contributed by atoms with Gasteiger partial charge in [0.1, 0.15) is 45.1 Å². The van der Waals surface area contributed by atoms with E-state index in [9.17, 15) is 15.0 Å². The van der Waals surface area contributed by atoms with Gasteiger partial charge in [0.2, 0.25) is 17.2 Å². The smallest absolute Gasteiger partial charge is 0.323 e. The highest BCUT2D eigenvalue weighted by atomic mass is 35.5. The Morgan fingerprint density at radius 2 is 1.00 bits per heavy atom. The number of aliphatic hydroxyl groups is 3. The summed E-state index contributed by atoms with van der Waals surface area (Å²) in [4.78, 5) is 48.5. The summed E-state index contributed by atoms with van der Waals surface area (Å²) >= 11 is 11.4. The van der Waals surface area contributed by atoms with Crippen molar-refractivity contribution in [1.29, 1.82) is 0 Å². The number of hydrogen-bond acceptors (Lipinski definition) is 24. The maximum Gasteiger partial charge on any atom is 0.323 e. The molecular weight excluding hydrogens is 1270 g/mol. The molecule has 0 saturated carbocycles. The Bertz CT molecular complexity index is 3550. The second kappa shape index (κ2) is 44.1. The highest BCUT2D eigenvalue weighted by Gasteiger charge is 2.28. The molecule has 527 valence electrons. The molecular formula is C68H104BCl2N16O9. The minimum Gasteiger partial charge on any atom is -0.497 e. The van der Waals surface area contributed by atoms with E-state index in [0.717, 1.165) is 110 Å². The minimum absolute atomic E-state index is 0. The van der Waals surface area contributed by atoms with Gasteiger partial charge in [-0.05, 0) is 120 Å². The van der Waals surface area contributed by atoms with E-state index in [0.29, 0.717) is 64.7 Å². The number of pyridine rings is 3. The van der Waals surface area contributed by atoms with Crippen LogP contribution in [-0.4, -0.2) is 150 Å². The van der Waals surface area contributed by atoms with E-state index in [1.54, 1.807) is 72.2 Å². The molecule has 0 aliphatic rings. The number of carboxylic acids is 1. The number of fused-ring (bicyclic) bond motifs is 3. The molecule has 8 rings (SSSR count). The lowest BCUT2D eigenvalue weighted by atomic mass is 9.96. The molecule has 28 heteroatoms. The zero-order chi connectivity index (χ0) is 69.9. The number of nitrogens with two attached hydrogens (primary N) is 4. The first-order valence-electron chi connectivity index (χ1n) is 31.3. The number of benzene rings is 2. The summed E-state index contributed by atoms with van der Waals surface area (Å²) in [6.07, 6.45) is 16.4. The number of aliphatic hydroxyl groups excluding tert-OH is 3. The van der Waals surface area contributed by atoms with Gasteiger partial charge in [0.15, 0.2) is 16.8 Å². The molecule has 0 bridgehead atoms. The molecule has 0 unspecified atom stereocenters. The first-order valence-corrected chi connectivity index (χ1v) is 32.1. The van der Waals surface area contributed by atoms with Crippen LogP contribution in [0, 0.1) is 0 Å². The van der Waals surface area contributed by atoms with E-state index >= 15 is 0 Å². The number of aromatic nitrogens is 9. The minimum atomic E-state index is -1.03. The third-order valence-electron chi connectivity index (χ3n) is 14.7. The summed E-state index contributed by atoms with van der Waals surface area (Å²) < 4.78 is 20.9. The number of nitrogens with zero attached hydrogens (tertiary/aromatic N) is 9. The first kappa shape index (κ1) is 86.2. The fraction of sp³-hybridized carbons (Fsp3) is 0.500. The molecule has 0 fully saturated rings. The van der Waals surface area contributed by atoms with Crippen LogP contribution in [0.4, 0.5) is 23.5 Å². The van der Waals surface area contributed by atoms with Gasteiger partial charge in [-0.3, -0.25) is 19.7 Å². The third kappa shape index (κ3) is 28.9. The SMILES string of the molecule is C.CCCC[C@@](C)(N)C(=O)O.CCCC[C@@](C)(N)CO.CCCC[C@](C)(CO)Nc1nc(N)nc2cccnc12.CCCC[C@](C)(CO)Nc1nc(NCc2ccc(OC)cc2OC)nc2cccnc12.COc1ccc(CN)c(OC)c1.Clc1nc(Cl)c2ncccc2n1.[B]. The maximum absolute atomic E-state index is 10.4. The Labute approximate surface area is 578 Å². The van der Waals surface area contributed by atoms with E-state index in [1.165, 1.54) is 0 Å². The Morgan fingerprint density at radius 3 is 1.45 bits per heavy atom. The van der Waals surface area contributed by atoms with Gasteiger partial charge in [-0.1, -0.05) is 104 Å². The Morgan fingerprint density at radius 1 is 0.562 bits per heavy atom. The lowest BCUT2D eigenvalue weighted by molar-refractivity contribution is -0.142. The molecule has 25 nitrogen and oxygen atoms in total. The summed E-state index contributed by atoms with van der Waals surface area (Å²) in [5.74, 6) is 3.93. The van der Waals surface area contributed by atoms with E-state index in [2.05, 4.69) is 81.6 Å². The number of rotatable bonds is 28. The van der Waals surface area contributed by atoms with Crippen LogP contribution in [-0.2, 0) is 17.9 Å². The van der Waals surface area contributed by atoms with E-state index in [1.807, 2.05) is 82.3 Å². The van der Waals surface area contributed by atoms with Crippen LogP contribution in [0.5, 0.6) is 23.0 Å². The molecule has 4 atom stereocenters. The average molecular weight is 1370 g/mol. The lowest BCUT2D eigenvalue weighted by Gasteiger charge is -2.29. The van der Waals surface area contributed by atoms with Crippen LogP contribution in [0.2, 0.25) is 10.4 Å². The Balaban J connectivity index is 0.000000614. The van der Waals surface area contributed by atoms with Gasteiger partial charge in [0.25, 0.3) is 0 Å².